The van der Waals surface area contributed by atoms with Crippen molar-refractivity contribution in [3.8, 4) is 0 Å². The van der Waals surface area contributed by atoms with Crippen LogP contribution in [0.25, 0.3) is 0 Å². The lowest BCUT2D eigenvalue weighted by molar-refractivity contribution is -0.160. The van der Waals surface area contributed by atoms with Gasteiger partial charge in [0.1, 0.15) is 12.1 Å². The zero-order valence-corrected chi connectivity index (χ0v) is 12.5. The molecule has 2 amide bonds. The zero-order chi connectivity index (χ0) is 14.3. The van der Waals surface area contributed by atoms with Gasteiger partial charge in [-0.2, -0.15) is 0 Å². The molecule has 20 heavy (non-hydrogen) atoms. The highest BCUT2D eigenvalue weighted by atomic mass is 16.2. The first-order valence-corrected chi connectivity index (χ1v) is 7.91. The molecule has 0 N–H and O–H groups in total. The first-order chi connectivity index (χ1) is 9.61. The van der Waals surface area contributed by atoms with E-state index in [-0.39, 0.29) is 23.9 Å². The molecule has 0 spiro atoms. The van der Waals surface area contributed by atoms with Crippen molar-refractivity contribution in [2.75, 3.05) is 33.2 Å². The summed E-state index contributed by atoms with van der Waals surface area (Å²) in [5.41, 5.74) is 0. The van der Waals surface area contributed by atoms with Crippen LogP contribution in [-0.4, -0.2) is 71.8 Å². The summed E-state index contributed by atoms with van der Waals surface area (Å²) < 4.78 is 0. The molecule has 5 heteroatoms. The number of piperazine rings is 1. The predicted octanol–water partition coefficient (Wildman–Crippen LogP) is 0.550. The molecule has 0 radical (unpaired) electrons. The van der Waals surface area contributed by atoms with E-state index in [9.17, 15) is 9.59 Å². The van der Waals surface area contributed by atoms with Gasteiger partial charge in [0.15, 0.2) is 0 Å². The summed E-state index contributed by atoms with van der Waals surface area (Å²) in [5.74, 6) is 0.906. The molecule has 3 unspecified atom stereocenters. The minimum Gasteiger partial charge on any atom is -0.329 e. The Balaban J connectivity index is 1.76. The number of fused-ring (bicyclic) bond motifs is 1. The lowest BCUT2D eigenvalue weighted by Gasteiger charge is -2.43. The number of carbonyl (C=O) groups is 2. The van der Waals surface area contributed by atoms with Crippen molar-refractivity contribution in [3.05, 3.63) is 0 Å². The van der Waals surface area contributed by atoms with Gasteiger partial charge in [0.05, 0.1) is 0 Å². The molecule has 0 bridgehead atoms. The molecule has 5 nitrogen and oxygen atoms in total. The van der Waals surface area contributed by atoms with Crippen LogP contribution in [0, 0.1) is 5.92 Å². The predicted molar refractivity (Wildman–Crippen MR) is 76.1 cm³/mol. The maximum atomic E-state index is 12.7. The Morgan fingerprint density at radius 1 is 1.15 bits per heavy atom. The molecule has 3 aliphatic heterocycles. The summed E-state index contributed by atoms with van der Waals surface area (Å²) >= 11 is 0. The number of nitrogens with zero attached hydrogens (tertiary/aromatic N) is 3. The fourth-order valence-electron chi connectivity index (χ4n) is 4.02. The van der Waals surface area contributed by atoms with E-state index in [1.165, 1.54) is 0 Å². The Hall–Kier alpha value is -1.10. The normalized spacial score (nSPS) is 35.0. The Morgan fingerprint density at radius 2 is 1.95 bits per heavy atom. The van der Waals surface area contributed by atoms with Crippen LogP contribution in [0.5, 0.6) is 0 Å². The highest BCUT2D eigenvalue weighted by Gasteiger charge is 2.47. The van der Waals surface area contributed by atoms with Crippen LogP contribution in [0.15, 0.2) is 0 Å². The van der Waals surface area contributed by atoms with Crippen LogP contribution in [-0.2, 0) is 9.59 Å². The largest absolute Gasteiger partial charge is 0.329 e. The van der Waals surface area contributed by atoms with Gasteiger partial charge in [-0.3, -0.25) is 9.59 Å². The monoisotopic (exact) mass is 279 g/mol. The van der Waals surface area contributed by atoms with Crippen LogP contribution >= 0.6 is 0 Å². The Morgan fingerprint density at radius 3 is 2.60 bits per heavy atom. The molecule has 3 atom stereocenters. The van der Waals surface area contributed by atoms with Crippen molar-refractivity contribution in [2.45, 2.75) is 44.7 Å². The fourth-order valence-corrected chi connectivity index (χ4v) is 4.02. The van der Waals surface area contributed by atoms with E-state index in [1.807, 2.05) is 16.7 Å². The Bertz CT molecular complexity index is 412. The molecule has 0 aliphatic carbocycles. The smallest absolute Gasteiger partial charge is 0.246 e. The van der Waals surface area contributed by atoms with Gasteiger partial charge in [-0.1, -0.05) is 6.92 Å². The van der Waals surface area contributed by atoms with Crippen LogP contribution in [0.4, 0.5) is 0 Å². The Kier molecular flexibility index (Phi) is 3.71. The summed E-state index contributed by atoms with van der Waals surface area (Å²) in [4.78, 5) is 31.3. The lowest BCUT2D eigenvalue weighted by Crippen LogP contribution is -2.63. The molecule has 3 saturated heterocycles. The highest BCUT2D eigenvalue weighted by Crippen LogP contribution is 2.29. The maximum Gasteiger partial charge on any atom is 0.246 e. The first-order valence-electron chi connectivity index (χ1n) is 7.91. The lowest BCUT2D eigenvalue weighted by atomic mass is 10.00. The van der Waals surface area contributed by atoms with Gasteiger partial charge in [-0.15, -0.1) is 0 Å². The SMILES string of the molecule is CCC1C(=O)N2CCCC2C(=O)N1CC1CCN(C)C1. The third kappa shape index (κ3) is 2.22. The van der Waals surface area contributed by atoms with Crippen LogP contribution in [0.1, 0.15) is 32.6 Å². The van der Waals surface area contributed by atoms with Crippen molar-refractivity contribution < 1.29 is 9.59 Å². The number of rotatable bonds is 3. The van der Waals surface area contributed by atoms with E-state index in [2.05, 4.69) is 11.9 Å². The summed E-state index contributed by atoms with van der Waals surface area (Å²) in [6.07, 6.45) is 3.69. The number of hydrogen-bond acceptors (Lipinski definition) is 3. The Labute approximate surface area is 120 Å². The average molecular weight is 279 g/mol. The van der Waals surface area contributed by atoms with Crippen molar-refractivity contribution >= 4 is 11.8 Å². The third-order valence-electron chi connectivity index (χ3n) is 5.10. The first kappa shape index (κ1) is 13.9. The van der Waals surface area contributed by atoms with Crippen LogP contribution in [0.2, 0.25) is 0 Å². The summed E-state index contributed by atoms with van der Waals surface area (Å²) in [6.45, 7) is 5.69. The van der Waals surface area contributed by atoms with Gasteiger partial charge < -0.3 is 14.7 Å². The fraction of sp³-hybridized carbons (Fsp3) is 0.867. The minimum absolute atomic E-state index is 0.163. The van der Waals surface area contributed by atoms with Crippen LogP contribution < -0.4 is 0 Å². The van der Waals surface area contributed by atoms with Gasteiger partial charge >= 0.3 is 0 Å². The van der Waals surface area contributed by atoms with Crippen molar-refractivity contribution in [1.82, 2.24) is 14.7 Å². The summed E-state index contributed by atoms with van der Waals surface area (Å²) in [6, 6.07) is -0.382. The van der Waals surface area contributed by atoms with E-state index in [0.717, 1.165) is 51.9 Å². The van der Waals surface area contributed by atoms with Gasteiger partial charge in [-0.25, -0.2) is 0 Å². The number of hydrogen-bond donors (Lipinski definition) is 0. The van der Waals surface area contributed by atoms with Gasteiger partial charge in [-0.05, 0) is 45.2 Å². The van der Waals surface area contributed by atoms with Crippen LogP contribution in [0.3, 0.4) is 0 Å². The summed E-state index contributed by atoms with van der Waals surface area (Å²) in [5, 5.41) is 0. The molecule has 3 aliphatic rings. The van der Waals surface area contributed by atoms with Gasteiger partial charge in [0, 0.05) is 19.6 Å². The standard InChI is InChI=1S/C15H25N3O2/c1-3-12-14(19)17-7-4-5-13(17)15(20)18(12)10-11-6-8-16(2)9-11/h11-13H,3-10H2,1-2H3. The van der Waals surface area contributed by atoms with E-state index in [1.54, 1.807) is 0 Å². The minimum atomic E-state index is -0.220. The third-order valence-corrected chi connectivity index (χ3v) is 5.10. The average Bonchev–Trinajstić information content (AvgIpc) is 3.05. The highest BCUT2D eigenvalue weighted by molar-refractivity contribution is 5.97. The number of amides is 2. The van der Waals surface area contributed by atoms with Crippen molar-refractivity contribution in [2.24, 2.45) is 5.92 Å². The molecule has 0 saturated carbocycles. The molecule has 3 rings (SSSR count). The summed E-state index contributed by atoms with van der Waals surface area (Å²) in [7, 11) is 2.12. The second-order valence-corrected chi connectivity index (χ2v) is 6.52. The quantitative estimate of drug-likeness (QED) is 0.758. The van der Waals surface area contributed by atoms with E-state index < -0.39 is 0 Å². The molecule has 0 aromatic carbocycles. The van der Waals surface area contributed by atoms with Gasteiger partial charge in [0.2, 0.25) is 11.8 Å². The van der Waals surface area contributed by atoms with E-state index in [0.29, 0.717) is 5.92 Å². The molecular formula is C15H25N3O2. The number of carbonyl (C=O) groups excluding carboxylic acids is 2. The molecule has 3 heterocycles. The maximum absolute atomic E-state index is 12.7. The van der Waals surface area contributed by atoms with Crippen molar-refractivity contribution in [3.63, 3.8) is 0 Å². The van der Waals surface area contributed by atoms with Gasteiger partial charge in [0.25, 0.3) is 0 Å². The molecule has 0 aromatic rings. The second-order valence-electron chi connectivity index (χ2n) is 6.52. The zero-order valence-electron chi connectivity index (χ0n) is 12.5. The second kappa shape index (κ2) is 5.35. The molecule has 112 valence electrons. The molecular weight excluding hydrogens is 254 g/mol. The molecule has 3 fully saturated rings. The topological polar surface area (TPSA) is 43.9 Å². The van der Waals surface area contributed by atoms with Crippen molar-refractivity contribution in [1.29, 1.82) is 0 Å². The van der Waals surface area contributed by atoms with E-state index in [4.69, 9.17) is 0 Å². The number of likely N-dealkylation sites (tertiary alicyclic amines) is 1. The van der Waals surface area contributed by atoms with E-state index >= 15 is 0 Å². The molecule has 0 aromatic heterocycles.